The van der Waals surface area contributed by atoms with Crippen molar-refractivity contribution in [2.24, 2.45) is 5.73 Å². The number of aliphatic hydroxyl groups excluding tert-OH is 1. The molecule has 0 aromatic carbocycles. The van der Waals surface area contributed by atoms with Crippen LogP contribution in [0.15, 0.2) is 0 Å². The van der Waals surface area contributed by atoms with Gasteiger partial charge < -0.3 is 10.8 Å². The van der Waals surface area contributed by atoms with Crippen LogP contribution in [0.2, 0.25) is 0 Å². The normalized spacial score (nSPS) is 23.0. The summed E-state index contributed by atoms with van der Waals surface area (Å²) in [5, 5.41) is 9.20. The number of nitrogens with two attached hydrogens (primary N) is 1. The first-order chi connectivity index (χ1) is 7.93. The van der Waals surface area contributed by atoms with Gasteiger partial charge in [-0.2, -0.15) is 12.7 Å². The van der Waals surface area contributed by atoms with Crippen LogP contribution in [-0.4, -0.2) is 49.6 Å². The lowest BCUT2D eigenvalue weighted by Crippen LogP contribution is -2.48. The van der Waals surface area contributed by atoms with Crippen molar-refractivity contribution in [2.75, 3.05) is 19.6 Å². The number of nitrogens with zero attached hydrogens (tertiary/aromatic N) is 1. The van der Waals surface area contributed by atoms with E-state index in [2.05, 4.69) is 4.72 Å². The summed E-state index contributed by atoms with van der Waals surface area (Å²) in [7, 11) is -3.44. The minimum atomic E-state index is -3.44. The van der Waals surface area contributed by atoms with Crippen molar-refractivity contribution in [3.8, 4) is 0 Å². The Balaban J connectivity index is 2.49. The molecule has 1 saturated heterocycles. The Morgan fingerprint density at radius 3 is 2.29 bits per heavy atom. The first kappa shape index (κ1) is 14.8. The monoisotopic (exact) mass is 265 g/mol. The molecule has 1 heterocycles. The summed E-state index contributed by atoms with van der Waals surface area (Å²) in [4.78, 5) is 0. The molecular formula is C10H23N3O3S. The first-order valence-electron chi connectivity index (χ1n) is 6.12. The molecule has 0 spiro atoms. The summed E-state index contributed by atoms with van der Waals surface area (Å²) >= 11 is 0. The Hall–Kier alpha value is -0.210. The van der Waals surface area contributed by atoms with Crippen LogP contribution in [0, 0.1) is 0 Å². The molecule has 17 heavy (non-hydrogen) atoms. The Kier molecular flexibility index (Phi) is 5.81. The van der Waals surface area contributed by atoms with Crippen molar-refractivity contribution in [3.05, 3.63) is 0 Å². The summed E-state index contributed by atoms with van der Waals surface area (Å²) in [6.07, 6.45) is 3.26. The molecule has 102 valence electrons. The lowest BCUT2D eigenvalue weighted by molar-refractivity contribution is 0.164. The summed E-state index contributed by atoms with van der Waals surface area (Å²) in [5.74, 6) is 0. The maximum absolute atomic E-state index is 11.9. The number of rotatable bonds is 5. The van der Waals surface area contributed by atoms with E-state index >= 15 is 0 Å². The van der Waals surface area contributed by atoms with Crippen LogP contribution in [0.4, 0.5) is 0 Å². The predicted octanol–water partition coefficient (Wildman–Crippen LogP) is -0.595. The van der Waals surface area contributed by atoms with E-state index in [1.54, 1.807) is 6.92 Å². The van der Waals surface area contributed by atoms with Gasteiger partial charge in [-0.3, -0.25) is 0 Å². The van der Waals surface area contributed by atoms with Gasteiger partial charge in [-0.15, -0.1) is 0 Å². The van der Waals surface area contributed by atoms with Crippen LogP contribution in [0.5, 0.6) is 0 Å². The summed E-state index contributed by atoms with van der Waals surface area (Å²) in [6, 6.07) is -0.572. The average Bonchev–Trinajstić information content (AvgIpc) is 2.54. The molecule has 1 fully saturated rings. The van der Waals surface area contributed by atoms with Gasteiger partial charge in [0.1, 0.15) is 0 Å². The molecular weight excluding hydrogens is 242 g/mol. The number of nitrogens with one attached hydrogen (secondary N) is 1. The number of hydrogen-bond donors (Lipinski definition) is 3. The fourth-order valence-corrected chi connectivity index (χ4v) is 3.07. The van der Waals surface area contributed by atoms with Crippen LogP contribution in [0.1, 0.15) is 32.6 Å². The molecule has 4 N–H and O–H groups in total. The minimum absolute atomic E-state index is 0.0660. The van der Waals surface area contributed by atoms with Crippen molar-refractivity contribution in [3.63, 3.8) is 0 Å². The second-order valence-corrected chi connectivity index (χ2v) is 6.33. The molecule has 2 atom stereocenters. The van der Waals surface area contributed by atoms with Gasteiger partial charge in [0, 0.05) is 25.7 Å². The second-order valence-electron chi connectivity index (χ2n) is 4.57. The molecule has 1 aliphatic rings. The van der Waals surface area contributed by atoms with Gasteiger partial charge in [0.15, 0.2) is 0 Å². The molecule has 1 aliphatic heterocycles. The van der Waals surface area contributed by atoms with Gasteiger partial charge >= 0.3 is 0 Å². The van der Waals surface area contributed by atoms with E-state index in [9.17, 15) is 13.5 Å². The molecule has 0 aromatic rings. The Bertz CT molecular complexity index is 311. The third-order valence-electron chi connectivity index (χ3n) is 3.03. The molecule has 0 radical (unpaired) electrons. The van der Waals surface area contributed by atoms with Gasteiger partial charge in [-0.25, -0.2) is 4.72 Å². The largest absolute Gasteiger partial charge is 0.392 e. The van der Waals surface area contributed by atoms with E-state index in [4.69, 9.17) is 5.73 Å². The summed E-state index contributed by atoms with van der Waals surface area (Å²) < 4.78 is 27.8. The molecule has 0 bridgehead atoms. The maximum Gasteiger partial charge on any atom is 0.279 e. The molecule has 0 aliphatic carbocycles. The third-order valence-corrected chi connectivity index (χ3v) is 4.60. The lowest BCUT2D eigenvalue weighted by Gasteiger charge is -2.22. The van der Waals surface area contributed by atoms with Crippen LogP contribution in [0.25, 0.3) is 0 Å². The van der Waals surface area contributed by atoms with Gasteiger partial charge in [-0.05, 0) is 19.8 Å². The second kappa shape index (κ2) is 6.65. The highest BCUT2D eigenvalue weighted by Crippen LogP contribution is 2.12. The molecule has 7 heteroatoms. The third kappa shape index (κ3) is 4.89. The first-order valence-corrected chi connectivity index (χ1v) is 7.56. The maximum atomic E-state index is 11.9. The number of aliphatic hydroxyl groups is 1. The van der Waals surface area contributed by atoms with Crippen LogP contribution in [-0.2, 0) is 10.2 Å². The molecule has 2 unspecified atom stereocenters. The fraction of sp³-hybridized carbons (Fsp3) is 1.00. The molecule has 0 saturated carbocycles. The highest BCUT2D eigenvalue weighted by Gasteiger charge is 2.23. The highest BCUT2D eigenvalue weighted by atomic mass is 32.2. The Labute approximate surface area is 103 Å². The van der Waals surface area contributed by atoms with Gasteiger partial charge in [0.25, 0.3) is 10.2 Å². The zero-order valence-electron chi connectivity index (χ0n) is 10.3. The average molecular weight is 265 g/mol. The van der Waals surface area contributed by atoms with Crippen LogP contribution >= 0.6 is 0 Å². The van der Waals surface area contributed by atoms with Crippen molar-refractivity contribution < 1.29 is 13.5 Å². The smallest absolute Gasteiger partial charge is 0.279 e. The summed E-state index contributed by atoms with van der Waals surface area (Å²) in [6.45, 7) is 2.75. The van der Waals surface area contributed by atoms with Crippen LogP contribution in [0.3, 0.4) is 0 Å². The van der Waals surface area contributed by atoms with Crippen molar-refractivity contribution in [2.45, 2.75) is 44.8 Å². The molecule has 0 aromatic heterocycles. The molecule has 6 nitrogen and oxygen atoms in total. The van der Waals surface area contributed by atoms with Crippen molar-refractivity contribution in [1.82, 2.24) is 9.03 Å². The predicted molar refractivity (Wildman–Crippen MR) is 66.6 cm³/mol. The van der Waals surface area contributed by atoms with E-state index in [1.807, 2.05) is 0 Å². The van der Waals surface area contributed by atoms with Gasteiger partial charge in [0.05, 0.1) is 6.10 Å². The Morgan fingerprint density at radius 2 is 1.82 bits per heavy atom. The van der Waals surface area contributed by atoms with Crippen LogP contribution < -0.4 is 10.5 Å². The van der Waals surface area contributed by atoms with Crippen molar-refractivity contribution >= 4 is 10.2 Å². The number of hydrogen-bond acceptors (Lipinski definition) is 4. The van der Waals surface area contributed by atoms with Crippen molar-refractivity contribution in [1.29, 1.82) is 0 Å². The quantitative estimate of drug-likeness (QED) is 0.619. The summed E-state index contributed by atoms with van der Waals surface area (Å²) in [5.41, 5.74) is 5.59. The highest BCUT2D eigenvalue weighted by molar-refractivity contribution is 7.87. The minimum Gasteiger partial charge on any atom is -0.392 e. The van der Waals surface area contributed by atoms with E-state index in [1.165, 1.54) is 4.31 Å². The molecule has 1 rings (SSSR count). The SMILES string of the molecule is CC(O)C(N)CNS(=O)(=O)N1CCCCCC1. The lowest BCUT2D eigenvalue weighted by atomic mass is 10.2. The van der Waals surface area contributed by atoms with Gasteiger partial charge in [-0.1, -0.05) is 12.8 Å². The zero-order chi connectivity index (χ0) is 12.9. The molecule has 0 amide bonds. The van der Waals surface area contributed by atoms with E-state index < -0.39 is 22.4 Å². The fourth-order valence-electron chi connectivity index (χ4n) is 1.75. The standard InChI is InChI=1S/C10H23N3O3S/c1-9(14)10(11)8-12-17(15,16)13-6-4-2-3-5-7-13/h9-10,12,14H,2-8,11H2,1H3. The van der Waals surface area contributed by atoms with E-state index in [-0.39, 0.29) is 6.54 Å². The van der Waals surface area contributed by atoms with Gasteiger partial charge in [0.2, 0.25) is 0 Å². The Morgan fingerprint density at radius 1 is 1.29 bits per heavy atom. The zero-order valence-corrected chi connectivity index (χ0v) is 11.1. The van der Waals surface area contributed by atoms with E-state index in [0.717, 1.165) is 25.7 Å². The van der Waals surface area contributed by atoms with E-state index in [0.29, 0.717) is 13.1 Å². The topological polar surface area (TPSA) is 95.7 Å².